The quantitative estimate of drug-likeness (QED) is 0.581. The second kappa shape index (κ2) is 9.88. The Labute approximate surface area is 152 Å². The van der Waals surface area contributed by atoms with Gasteiger partial charge >= 0.3 is 11.9 Å². The molecular weight excluding hydrogens is 364 g/mol. The molecule has 0 fully saturated rings. The molecule has 0 saturated heterocycles. The summed E-state index contributed by atoms with van der Waals surface area (Å²) in [6, 6.07) is 4.95. The van der Waals surface area contributed by atoms with Crippen molar-refractivity contribution in [1.29, 1.82) is 0 Å². The van der Waals surface area contributed by atoms with Crippen molar-refractivity contribution in [2.75, 3.05) is 19.8 Å². The van der Waals surface area contributed by atoms with Crippen molar-refractivity contribution in [1.82, 2.24) is 10.0 Å². The van der Waals surface area contributed by atoms with Gasteiger partial charge in [-0.1, -0.05) is 0 Å². The first-order valence-corrected chi connectivity index (χ1v) is 9.36. The van der Waals surface area contributed by atoms with Crippen molar-refractivity contribution in [2.45, 2.75) is 31.7 Å². The van der Waals surface area contributed by atoms with Gasteiger partial charge in [-0.15, -0.1) is 0 Å². The fraction of sp³-hybridized carbons (Fsp3) is 0.438. The maximum Gasteiger partial charge on any atom is 0.338 e. The van der Waals surface area contributed by atoms with Gasteiger partial charge in [-0.25, -0.2) is 13.2 Å². The van der Waals surface area contributed by atoms with Gasteiger partial charge in [0.1, 0.15) is 6.54 Å². The number of amides is 1. The maximum absolute atomic E-state index is 12.1. The van der Waals surface area contributed by atoms with E-state index in [1.807, 2.05) is 0 Å². The van der Waals surface area contributed by atoms with Crippen molar-refractivity contribution in [2.24, 2.45) is 0 Å². The number of esters is 2. The molecule has 2 N–H and O–H groups in total. The second-order valence-electron chi connectivity index (χ2n) is 5.45. The van der Waals surface area contributed by atoms with Gasteiger partial charge in [-0.05, 0) is 45.0 Å². The van der Waals surface area contributed by atoms with Crippen molar-refractivity contribution in [3.05, 3.63) is 29.8 Å². The Morgan fingerprint density at radius 1 is 1.08 bits per heavy atom. The van der Waals surface area contributed by atoms with E-state index in [0.717, 1.165) is 0 Å². The minimum atomic E-state index is -3.97. The van der Waals surface area contributed by atoms with Gasteiger partial charge in [0.05, 0.1) is 17.1 Å². The minimum absolute atomic E-state index is 0.0997. The fourth-order valence-electron chi connectivity index (χ4n) is 1.78. The highest BCUT2D eigenvalue weighted by atomic mass is 32.2. The highest BCUT2D eigenvalue weighted by Gasteiger charge is 2.17. The van der Waals surface area contributed by atoms with Crippen LogP contribution in [0.5, 0.6) is 0 Å². The highest BCUT2D eigenvalue weighted by Crippen LogP contribution is 2.11. The number of carbonyl (C=O) groups is 3. The van der Waals surface area contributed by atoms with E-state index in [1.54, 1.807) is 20.8 Å². The maximum atomic E-state index is 12.1. The first kappa shape index (κ1) is 21.6. The van der Waals surface area contributed by atoms with Gasteiger partial charge in [0.25, 0.3) is 5.91 Å². The van der Waals surface area contributed by atoms with Crippen molar-refractivity contribution in [3.63, 3.8) is 0 Å². The van der Waals surface area contributed by atoms with E-state index >= 15 is 0 Å². The van der Waals surface area contributed by atoms with Gasteiger partial charge in [-0.2, -0.15) is 4.72 Å². The Hall–Kier alpha value is -2.46. The summed E-state index contributed by atoms with van der Waals surface area (Å²) >= 11 is 0. The Balaban J connectivity index is 2.57. The number of carbonyl (C=O) groups excluding carboxylic acids is 3. The monoisotopic (exact) mass is 386 g/mol. The van der Waals surface area contributed by atoms with E-state index in [4.69, 9.17) is 4.74 Å². The fourth-order valence-corrected chi connectivity index (χ4v) is 2.75. The molecule has 0 aliphatic carbocycles. The summed E-state index contributed by atoms with van der Waals surface area (Å²) in [6.07, 6.45) is 0. The molecule has 0 aliphatic rings. The zero-order valence-corrected chi connectivity index (χ0v) is 15.6. The Bertz CT molecular complexity index is 742. The average Bonchev–Trinajstić information content (AvgIpc) is 2.58. The second-order valence-corrected chi connectivity index (χ2v) is 7.22. The van der Waals surface area contributed by atoms with Crippen LogP contribution < -0.4 is 10.0 Å². The Morgan fingerprint density at radius 2 is 1.69 bits per heavy atom. The zero-order chi connectivity index (χ0) is 19.7. The first-order chi connectivity index (χ1) is 12.2. The van der Waals surface area contributed by atoms with E-state index in [-0.39, 0.29) is 23.1 Å². The third-order valence-electron chi connectivity index (χ3n) is 2.90. The lowest BCUT2D eigenvalue weighted by atomic mass is 10.2. The van der Waals surface area contributed by atoms with Crippen LogP contribution in [-0.4, -0.2) is 52.1 Å². The van der Waals surface area contributed by atoms with Crippen LogP contribution in [0.25, 0.3) is 0 Å². The summed E-state index contributed by atoms with van der Waals surface area (Å²) in [5, 5.41) is 2.53. The molecule has 0 aliphatic heterocycles. The predicted molar refractivity (Wildman–Crippen MR) is 91.8 cm³/mol. The smallest absolute Gasteiger partial charge is 0.338 e. The number of hydrogen-bond donors (Lipinski definition) is 2. The lowest BCUT2D eigenvalue weighted by Crippen LogP contribution is -2.36. The predicted octanol–water partition coefficient (Wildman–Crippen LogP) is 0.209. The number of ether oxygens (including phenoxy) is 2. The number of benzene rings is 1. The molecule has 9 nitrogen and oxygen atoms in total. The van der Waals surface area contributed by atoms with Crippen LogP contribution in [0.2, 0.25) is 0 Å². The summed E-state index contributed by atoms with van der Waals surface area (Å²) in [5.41, 5.74) is 0.210. The van der Waals surface area contributed by atoms with Crippen molar-refractivity contribution in [3.8, 4) is 0 Å². The van der Waals surface area contributed by atoms with E-state index in [2.05, 4.69) is 14.8 Å². The average molecular weight is 386 g/mol. The molecule has 0 atom stereocenters. The lowest BCUT2D eigenvalue weighted by molar-refractivity contribution is -0.147. The third-order valence-corrected chi connectivity index (χ3v) is 4.31. The molecule has 0 bridgehead atoms. The van der Waals surface area contributed by atoms with Crippen LogP contribution >= 0.6 is 0 Å². The number of hydrogen-bond acceptors (Lipinski definition) is 7. The SMILES string of the molecule is CCOC(=O)c1ccc(S(=O)(=O)NCC(=O)OCC(=O)NC(C)C)cc1. The topological polar surface area (TPSA) is 128 Å². The molecule has 1 rings (SSSR count). The molecule has 10 heteroatoms. The summed E-state index contributed by atoms with van der Waals surface area (Å²) in [6.45, 7) is 4.25. The normalized spacial score (nSPS) is 11.1. The lowest BCUT2D eigenvalue weighted by Gasteiger charge is -2.10. The number of rotatable bonds is 9. The third kappa shape index (κ3) is 7.19. The minimum Gasteiger partial charge on any atom is -0.462 e. The van der Waals surface area contributed by atoms with Gasteiger partial charge in [-0.3, -0.25) is 9.59 Å². The molecule has 1 amide bonds. The van der Waals surface area contributed by atoms with Crippen LogP contribution in [0.15, 0.2) is 29.2 Å². The van der Waals surface area contributed by atoms with Crippen LogP contribution in [0, 0.1) is 0 Å². The van der Waals surface area contributed by atoms with E-state index in [1.165, 1.54) is 24.3 Å². The standard InChI is InChI=1S/C16H22N2O7S/c1-4-24-16(21)12-5-7-13(8-6-12)26(22,23)17-9-15(20)25-10-14(19)18-11(2)3/h5-8,11,17H,4,9-10H2,1-3H3,(H,18,19). The van der Waals surface area contributed by atoms with Crippen LogP contribution in [-0.2, 0) is 29.1 Å². The molecule has 0 heterocycles. The highest BCUT2D eigenvalue weighted by molar-refractivity contribution is 7.89. The Morgan fingerprint density at radius 3 is 2.23 bits per heavy atom. The van der Waals surface area contributed by atoms with Crippen LogP contribution in [0.1, 0.15) is 31.1 Å². The Kier molecular flexibility index (Phi) is 8.20. The molecular formula is C16H22N2O7S. The molecule has 0 aromatic heterocycles. The summed E-state index contributed by atoms with van der Waals surface area (Å²) in [7, 11) is -3.97. The van der Waals surface area contributed by atoms with E-state index in [9.17, 15) is 22.8 Å². The summed E-state index contributed by atoms with van der Waals surface area (Å²) < 4.78 is 35.8. The summed E-state index contributed by atoms with van der Waals surface area (Å²) in [5.74, 6) is -1.94. The molecule has 1 aromatic carbocycles. The molecule has 0 saturated carbocycles. The first-order valence-electron chi connectivity index (χ1n) is 7.87. The van der Waals surface area contributed by atoms with Crippen LogP contribution in [0.4, 0.5) is 0 Å². The molecule has 0 radical (unpaired) electrons. The largest absolute Gasteiger partial charge is 0.462 e. The molecule has 0 unspecified atom stereocenters. The van der Waals surface area contributed by atoms with Crippen molar-refractivity contribution >= 4 is 27.9 Å². The van der Waals surface area contributed by atoms with Gasteiger partial charge in [0.15, 0.2) is 6.61 Å². The number of nitrogens with one attached hydrogen (secondary N) is 2. The number of sulfonamides is 1. The molecule has 0 spiro atoms. The van der Waals surface area contributed by atoms with Crippen LogP contribution in [0.3, 0.4) is 0 Å². The summed E-state index contributed by atoms with van der Waals surface area (Å²) in [4.78, 5) is 34.3. The van der Waals surface area contributed by atoms with Gasteiger partial charge < -0.3 is 14.8 Å². The molecule has 1 aromatic rings. The van der Waals surface area contributed by atoms with Gasteiger partial charge in [0.2, 0.25) is 10.0 Å². The molecule has 144 valence electrons. The van der Waals surface area contributed by atoms with E-state index < -0.39 is 41.0 Å². The van der Waals surface area contributed by atoms with Gasteiger partial charge in [0, 0.05) is 6.04 Å². The molecule has 26 heavy (non-hydrogen) atoms. The van der Waals surface area contributed by atoms with E-state index in [0.29, 0.717) is 0 Å². The zero-order valence-electron chi connectivity index (χ0n) is 14.8. The van der Waals surface area contributed by atoms with Crippen molar-refractivity contribution < 1.29 is 32.3 Å².